The van der Waals surface area contributed by atoms with Gasteiger partial charge in [-0.1, -0.05) is 30.3 Å². The number of carbonyl (C=O) groups is 1. The molecule has 2 aromatic carbocycles. The summed E-state index contributed by atoms with van der Waals surface area (Å²) in [5.74, 6) is -0.420. The lowest BCUT2D eigenvalue weighted by Crippen LogP contribution is -2.07. The summed E-state index contributed by atoms with van der Waals surface area (Å²) in [5.41, 5.74) is 6.38. The number of rotatable bonds is 5. The molecule has 0 spiro atoms. The number of hydrogen-bond acceptors (Lipinski definition) is 2. The Kier molecular flexibility index (Phi) is 3.97. The van der Waals surface area contributed by atoms with Gasteiger partial charge in [-0.05, 0) is 59.7 Å². The van der Waals surface area contributed by atoms with Crippen molar-refractivity contribution >= 4 is 16.9 Å². The van der Waals surface area contributed by atoms with Gasteiger partial charge < -0.3 is 10.1 Å². The molecule has 4 heteroatoms. The molecule has 0 aliphatic heterocycles. The van der Waals surface area contributed by atoms with E-state index in [2.05, 4.69) is 34.2 Å². The predicted molar refractivity (Wildman–Crippen MR) is 110 cm³/mol. The zero-order valence-corrected chi connectivity index (χ0v) is 15.4. The summed E-state index contributed by atoms with van der Waals surface area (Å²) in [6.45, 7) is 0. The summed E-state index contributed by atoms with van der Waals surface area (Å²) < 4.78 is 0. The van der Waals surface area contributed by atoms with E-state index in [-0.39, 0.29) is 0 Å². The number of carboxylic acids is 1. The smallest absolute Gasteiger partial charge is 0.337 e. The second kappa shape index (κ2) is 6.64. The van der Waals surface area contributed by atoms with Crippen molar-refractivity contribution in [2.24, 2.45) is 0 Å². The van der Waals surface area contributed by atoms with Crippen LogP contribution in [-0.2, 0) is 6.42 Å². The fourth-order valence-electron chi connectivity index (χ4n) is 3.85. The zero-order valence-electron chi connectivity index (χ0n) is 15.4. The Morgan fingerprint density at radius 2 is 1.93 bits per heavy atom. The molecule has 0 radical (unpaired) electrons. The molecule has 0 saturated heterocycles. The first-order chi connectivity index (χ1) is 13.7. The highest BCUT2D eigenvalue weighted by Gasteiger charge is 2.26. The molecule has 2 heterocycles. The number of hydrogen-bond donors (Lipinski definition) is 2. The van der Waals surface area contributed by atoms with Gasteiger partial charge >= 0.3 is 5.97 Å². The standard InChI is InChI=1S/C24H20N2O2/c27-24(28)21-13-19(16-6-7-16)14-26-22(21)12-15-10-18-8-9-25-23(18)20(11-15)17-4-2-1-3-5-17/h1-5,8-11,13-14,16,25H,6-7,12H2,(H,27,28). The number of fused-ring (bicyclic) bond motifs is 1. The SMILES string of the molecule is O=C(O)c1cc(C2CC2)cnc1Cc1cc(-c2ccccc2)c2[nH]ccc2c1. The minimum Gasteiger partial charge on any atom is -0.478 e. The molecule has 0 unspecified atom stereocenters. The van der Waals surface area contributed by atoms with Crippen LogP contribution in [0.25, 0.3) is 22.0 Å². The van der Waals surface area contributed by atoms with Crippen LogP contribution in [0.1, 0.15) is 45.9 Å². The van der Waals surface area contributed by atoms with Crippen molar-refractivity contribution in [3.63, 3.8) is 0 Å². The van der Waals surface area contributed by atoms with Crippen molar-refractivity contribution in [1.29, 1.82) is 0 Å². The predicted octanol–water partition coefficient (Wildman–Crippen LogP) is 5.40. The molecule has 4 nitrogen and oxygen atoms in total. The van der Waals surface area contributed by atoms with Crippen molar-refractivity contribution < 1.29 is 9.90 Å². The van der Waals surface area contributed by atoms with Gasteiger partial charge in [0.05, 0.1) is 16.8 Å². The van der Waals surface area contributed by atoms with E-state index in [4.69, 9.17) is 0 Å². The maximum Gasteiger partial charge on any atom is 0.337 e. The molecule has 0 atom stereocenters. The molecule has 5 rings (SSSR count). The van der Waals surface area contributed by atoms with Gasteiger partial charge in [-0.15, -0.1) is 0 Å². The molecule has 1 aliphatic carbocycles. The second-order valence-electron chi connectivity index (χ2n) is 7.47. The van der Waals surface area contributed by atoms with Gasteiger partial charge in [0.15, 0.2) is 0 Å². The Labute approximate surface area is 162 Å². The molecule has 1 fully saturated rings. The van der Waals surface area contributed by atoms with Crippen LogP contribution in [0.5, 0.6) is 0 Å². The fourth-order valence-corrected chi connectivity index (χ4v) is 3.85. The van der Waals surface area contributed by atoms with Crippen LogP contribution >= 0.6 is 0 Å². The van der Waals surface area contributed by atoms with E-state index in [0.29, 0.717) is 23.6 Å². The van der Waals surface area contributed by atoms with Crippen LogP contribution in [0.2, 0.25) is 0 Å². The third kappa shape index (κ3) is 3.07. The van der Waals surface area contributed by atoms with Crippen molar-refractivity contribution in [1.82, 2.24) is 9.97 Å². The van der Waals surface area contributed by atoms with E-state index in [0.717, 1.165) is 46.0 Å². The highest BCUT2D eigenvalue weighted by molar-refractivity contribution is 5.95. The Morgan fingerprint density at radius 1 is 1.11 bits per heavy atom. The second-order valence-corrected chi connectivity index (χ2v) is 7.47. The summed E-state index contributed by atoms with van der Waals surface area (Å²) in [6.07, 6.45) is 6.54. The molecule has 0 amide bonds. The average Bonchev–Trinajstić information content (AvgIpc) is 3.46. The molecule has 2 aromatic heterocycles. The molecule has 1 aliphatic rings. The van der Waals surface area contributed by atoms with Gasteiger partial charge in [-0.3, -0.25) is 4.98 Å². The summed E-state index contributed by atoms with van der Waals surface area (Å²) in [7, 11) is 0. The molecular weight excluding hydrogens is 348 g/mol. The monoisotopic (exact) mass is 368 g/mol. The fraction of sp³-hybridized carbons (Fsp3) is 0.167. The number of aromatic carboxylic acids is 1. The van der Waals surface area contributed by atoms with Gasteiger partial charge in [-0.25, -0.2) is 4.79 Å². The van der Waals surface area contributed by atoms with Crippen LogP contribution in [0.15, 0.2) is 67.0 Å². The number of pyridine rings is 1. The highest BCUT2D eigenvalue weighted by Crippen LogP contribution is 2.40. The Bertz CT molecular complexity index is 1170. The first-order valence-electron chi connectivity index (χ1n) is 9.56. The number of carboxylic acid groups (broad SMARTS) is 1. The normalized spacial score (nSPS) is 13.7. The van der Waals surface area contributed by atoms with E-state index in [1.54, 1.807) is 0 Å². The number of aromatic nitrogens is 2. The summed E-state index contributed by atoms with van der Waals surface area (Å²) in [4.78, 5) is 19.7. The van der Waals surface area contributed by atoms with E-state index in [1.807, 2.05) is 42.7 Å². The minimum atomic E-state index is -0.906. The number of nitrogens with one attached hydrogen (secondary N) is 1. The lowest BCUT2D eigenvalue weighted by molar-refractivity contribution is 0.0695. The van der Waals surface area contributed by atoms with Gasteiger partial charge in [0.2, 0.25) is 0 Å². The number of nitrogens with zero attached hydrogens (tertiary/aromatic N) is 1. The number of H-pyrrole nitrogens is 1. The Hall–Kier alpha value is -3.40. The lowest BCUT2D eigenvalue weighted by Gasteiger charge is -2.11. The highest BCUT2D eigenvalue weighted by atomic mass is 16.4. The van der Waals surface area contributed by atoms with Crippen LogP contribution in [0.3, 0.4) is 0 Å². The maximum absolute atomic E-state index is 11.8. The van der Waals surface area contributed by atoms with Crippen LogP contribution in [0.4, 0.5) is 0 Å². The average molecular weight is 368 g/mol. The van der Waals surface area contributed by atoms with Gasteiger partial charge in [0.25, 0.3) is 0 Å². The van der Waals surface area contributed by atoms with E-state index < -0.39 is 5.97 Å². The van der Waals surface area contributed by atoms with Gasteiger partial charge in [0.1, 0.15) is 0 Å². The summed E-state index contributed by atoms with van der Waals surface area (Å²) >= 11 is 0. The van der Waals surface area contributed by atoms with Crippen LogP contribution in [-0.4, -0.2) is 21.0 Å². The van der Waals surface area contributed by atoms with E-state index >= 15 is 0 Å². The maximum atomic E-state index is 11.8. The molecule has 138 valence electrons. The molecule has 1 saturated carbocycles. The zero-order chi connectivity index (χ0) is 19.1. The summed E-state index contributed by atoms with van der Waals surface area (Å²) in [6, 6.07) is 18.3. The number of benzene rings is 2. The first kappa shape index (κ1) is 16.8. The number of aromatic amines is 1. The van der Waals surface area contributed by atoms with Crippen molar-refractivity contribution in [2.75, 3.05) is 0 Å². The van der Waals surface area contributed by atoms with Crippen molar-refractivity contribution in [3.05, 3.63) is 89.4 Å². The molecule has 28 heavy (non-hydrogen) atoms. The van der Waals surface area contributed by atoms with Crippen molar-refractivity contribution in [3.8, 4) is 11.1 Å². The lowest BCUT2D eigenvalue weighted by atomic mass is 9.96. The van der Waals surface area contributed by atoms with Crippen LogP contribution in [0, 0.1) is 0 Å². The third-order valence-corrected chi connectivity index (χ3v) is 5.45. The molecular formula is C24H20N2O2. The van der Waals surface area contributed by atoms with Crippen molar-refractivity contribution in [2.45, 2.75) is 25.2 Å². The van der Waals surface area contributed by atoms with E-state index in [9.17, 15) is 9.90 Å². The third-order valence-electron chi connectivity index (χ3n) is 5.45. The minimum absolute atomic E-state index is 0.319. The van der Waals surface area contributed by atoms with Crippen LogP contribution < -0.4 is 0 Å². The Balaban J connectivity index is 1.58. The molecule has 4 aromatic rings. The van der Waals surface area contributed by atoms with Gasteiger partial charge in [0, 0.05) is 29.8 Å². The largest absolute Gasteiger partial charge is 0.478 e. The molecule has 2 N–H and O–H groups in total. The van der Waals surface area contributed by atoms with E-state index in [1.165, 1.54) is 0 Å². The first-order valence-corrected chi connectivity index (χ1v) is 9.56. The topological polar surface area (TPSA) is 66.0 Å². The summed E-state index contributed by atoms with van der Waals surface area (Å²) in [5, 5.41) is 10.8. The quantitative estimate of drug-likeness (QED) is 0.496. The molecule has 0 bridgehead atoms. The van der Waals surface area contributed by atoms with Gasteiger partial charge in [-0.2, -0.15) is 0 Å². The Morgan fingerprint density at radius 3 is 2.68 bits per heavy atom.